The number of sulfonamides is 1. The molecule has 2 aromatic heterocycles. The third kappa shape index (κ3) is 3.23. The second-order valence-corrected chi connectivity index (χ2v) is 7.32. The lowest BCUT2D eigenvalue weighted by atomic mass is 9.99. The van der Waals surface area contributed by atoms with Crippen LogP contribution in [0.15, 0.2) is 30.5 Å². The number of hydrogen-bond donors (Lipinski definition) is 1. The van der Waals surface area contributed by atoms with E-state index in [0.717, 1.165) is 5.69 Å². The number of anilines is 2. The normalized spacial score (nSPS) is 16.3. The molecule has 0 aliphatic carbocycles. The molecule has 0 radical (unpaired) electrons. The molecule has 0 saturated carbocycles. The first-order chi connectivity index (χ1) is 10.4. The molecule has 116 valence electrons. The van der Waals surface area contributed by atoms with Gasteiger partial charge in [-0.25, -0.2) is 27.7 Å². The van der Waals surface area contributed by atoms with Crippen molar-refractivity contribution in [2.24, 2.45) is 0 Å². The van der Waals surface area contributed by atoms with Crippen molar-refractivity contribution in [3.8, 4) is 0 Å². The molecule has 22 heavy (non-hydrogen) atoms. The molecule has 0 unspecified atom stereocenters. The first kappa shape index (κ1) is 14.9. The van der Waals surface area contributed by atoms with Gasteiger partial charge in [0.1, 0.15) is 17.5 Å². The molecular formula is C14H17N5O2S. The Morgan fingerprint density at radius 3 is 2.64 bits per heavy atom. The Bertz CT molecular complexity index is 773. The monoisotopic (exact) mass is 319 g/mol. The molecular weight excluding hydrogens is 302 g/mol. The van der Waals surface area contributed by atoms with Gasteiger partial charge in [0.15, 0.2) is 0 Å². The van der Waals surface area contributed by atoms with E-state index in [9.17, 15) is 8.42 Å². The average Bonchev–Trinajstić information content (AvgIpc) is 2.35. The van der Waals surface area contributed by atoms with Crippen molar-refractivity contribution in [1.82, 2.24) is 19.3 Å². The predicted octanol–water partition coefficient (Wildman–Crippen LogP) is 1.28. The first-order valence-electron chi connectivity index (χ1n) is 6.90. The van der Waals surface area contributed by atoms with Crippen molar-refractivity contribution < 1.29 is 8.42 Å². The van der Waals surface area contributed by atoms with E-state index in [1.165, 1.54) is 10.6 Å². The molecule has 7 nitrogen and oxygen atoms in total. The maximum Gasteiger partial charge on any atom is 0.211 e. The van der Waals surface area contributed by atoms with Gasteiger partial charge in [-0.15, -0.1) is 0 Å². The van der Waals surface area contributed by atoms with E-state index >= 15 is 0 Å². The Hall–Kier alpha value is -2.06. The van der Waals surface area contributed by atoms with Crippen LogP contribution in [-0.2, 0) is 10.0 Å². The van der Waals surface area contributed by atoms with Gasteiger partial charge in [-0.1, -0.05) is 6.07 Å². The fourth-order valence-corrected chi connectivity index (χ4v) is 3.23. The minimum absolute atomic E-state index is 0.112. The zero-order valence-corrected chi connectivity index (χ0v) is 13.2. The predicted molar refractivity (Wildman–Crippen MR) is 83.4 cm³/mol. The molecule has 0 bridgehead atoms. The number of nitrogens with one attached hydrogen (secondary N) is 1. The zero-order chi connectivity index (χ0) is 15.7. The van der Waals surface area contributed by atoms with Gasteiger partial charge in [-0.2, -0.15) is 0 Å². The van der Waals surface area contributed by atoms with E-state index in [-0.39, 0.29) is 5.92 Å². The summed E-state index contributed by atoms with van der Waals surface area (Å²) >= 11 is 0. The highest BCUT2D eigenvalue weighted by molar-refractivity contribution is 7.88. The number of aromatic nitrogens is 3. The summed E-state index contributed by atoms with van der Waals surface area (Å²) in [4.78, 5) is 13.0. The van der Waals surface area contributed by atoms with Crippen molar-refractivity contribution in [3.63, 3.8) is 0 Å². The molecule has 2 aromatic rings. The van der Waals surface area contributed by atoms with Crippen molar-refractivity contribution in [3.05, 3.63) is 42.0 Å². The van der Waals surface area contributed by atoms with Crippen LogP contribution in [0.25, 0.3) is 0 Å². The molecule has 1 aliphatic rings. The molecule has 0 aromatic carbocycles. The molecule has 1 saturated heterocycles. The molecule has 3 heterocycles. The van der Waals surface area contributed by atoms with Gasteiger partial charge in [-0.3, -0.25) is 0 Å². The largest absolute Gasteiger partial charge is 0.325 e. The molecule has 1 N–H and O–H groups in total. The Morgan fingerprint density at radius 2 is 2.00 bits per heavy atom. The van der Waals surface area contributed by atoms with E-state index in [1.807, 2.05) is 31.2 Å². The lowest BCUT2D eigenvalue weighted by Gasteiger charge is -2.36. The van der Waals surface area contributed by atoms with Crippen LogP contribution in [0.3, 0.4) is 0 Å². The van der Waals surface area contributed by atoms with Crippen LogP contribution in [0, 0.1) is 6.92 Å². The maximum atomic E-state index is 11.4. The van der Waals surface area contributed by atoms with Crippen LogP contribution in [0.2, 0.25) is 0 Å². The Labute approximate surface area is 129 Å². The fourth-order valence-electron chi connectivity index (χ4n) is 2.33. The quantitative estimate of drug-likeness (QED) is 0.913. The van der Waals surface area contributed by atoms with Gasteiger partial charge in [0.2, 0.25) is 10.0 Å². The van der Waals surface area contributed by atoms with Gasteiger partial charge < -0.3 is 5.32 Å². The topological polar surface area (TPSA) is 88.1 Å². The van der Waals surface area contributed by atoms with Crippen LogP contribution < -0.4 is 5.32 Å². The Kier molecular flexibility index (Phi) is 3.79. The lowest BCUT2D eigenvalue weighted by molar-refractivity contribution is 0.262. The Morgan fingerprint density at radius 1 is 1.23 bits per heavy atom. The maximum absolute atomic E-state index is 11.4. The molecule has 8 heteroatoms. The van der Waals surface area contributed by atoms with Crippen LogP contribution in [0.4, 0.5) is 11.6 Å². The molecule has 3 rings (SSSR count). The summed E-state index contributed by atoms with van der Waals surface area (Å²) in [5.74, 6) is 2.13. The summed E-state index contributed by atoms with van der Waals surface area (Å²) in [5.41, 5.74) is 0.853. The number of nitrogens with zero attached hydrogens (tertiary/aromatic N) is 4. The van der Waals surface area contributed by atoms with Gasteiger partial charge >= 0.3 is 0 Å². The molecule has 1 aliphatic heterocycles. The van der Waals surface area contributed by atoms with E-state index in [4.69, 9.17) is 0 Å². The van der Waals surface area contributed by atoms with Crippen molar-refractivity contribution in [2.45, 2.75) is 12.8 Å². The number of rotatable bonds is 4. The standard InChI is InChI=1S/C14H17N5O2S/c1-10-16-12(11-8-19(9-11)22(2,20)21)7-14(17-10)18-13-5-3-4-6-15-13/h3-7,11H,8-9H2,1-2H3,(H,15,16,17,18). The van der Waals surface area contributed by atoms with E-state index < -0.39 is 10.0 Å². The average molecular weight is 319 g/mol. The third-order valence-electron chi connectivity index (χ3n) is 3.51. The van der Waals surface area contributed by atoms with Gasteiger partial charge in [0, 0.05) is 31.3 Å². The lowest BCUT2D eigenvalue weighted by Crippen LogP contribution is -2.48. The zero-order valence-electron chi connectivity index (χ0n) is 12.4. The third-order valence-corrected chi connectivity index (χ3v) is 4.75. The van der Waals surface area contributed by atoms with E-state index in [1.54, 1.807) is 6.20 Å². The van der Waals surface area contributed by atoms with Crippen molar-refractivity contribution >= 4 is 21.7 Å². The highest BCUT2D eigenvalue weighted by Crippen LogP contribution is 2.29. The number of hydrogen-bond acceptors (Lipinski definition) is 6. The van der Waals surface area contributed by atoms with Crippen LogP contribution >= 0.6 is 0 Å². The molecule has 0 amide bonds. The highest BCUT2D eigenvalue weighted by atomic mass is 32.2. The van der Waals surface area contributed by atoms with Crippen LogP contribution in [0.1, 0.15) is 17.4 Å². The summed E-state index contributed by atoms with van der Waals surface area (Å²) in [6.07, 6.45) is 2.93. The summed E-state index contributed by atoms with van der Waals surface area (Å²) in [6.45, 7) is 2.76. The molecule has 1 fully saturated rings. The van der Waals surface area contributed by atoms with Gasteiger partial charge in [0.05, 0.1) is 11.9 Å². The Balaban J connectivity index is 1.77. The smallest absolute Gasteiger partial charge is 0.211 e. The van der Waals surface area contributed by atoms with Gasteiger partial charge in [0.25, 0.3) is 0 Å². The van der Waals surface area contributed by atoms with E-state index in [0.29, 0.717) is 30.5 Å². The number of pyridine rings is 1. The number of aryl methyl sites for hydroxylation is 1. The van der Waals surface area contributed by atoms with Crippen molar-refractivity contribution in [2.75, 3.05) is 24.7 Å². The molecule has 0 atom stereocenters. The first-order valence-corrected chi connectivity index (χ1v) is 8.75. The second-order valence-electron chi connectivity index (χ2n) is 5.34. The highest BCUT2D eigenvalue weighted by Gasteiger charge is 2.35. The summed E-state index contributed by atoms with van der Waals surface area (Å²) in [6, 6.07) is 7.44. The summed E-state index contributed by atoms with van der Waals surface area (Å²) in [7, 11) is -3.11. The second kappa shape index (κ2) is 5.62. The van der Waals surface area contributed by atoms with Crippen LogP contribution in [0.5, 0.6) is 0 Å². The summed E-state index contributed by atoms with van der Waals surface area (Å²) < 4.78 is 24.3. The minimum atomic E-state index is -3.11. The summed E-state index contributed by atoms with van der Waals surface area (Å²) in [5, 5.41) is 3.14. The van der Waals surface area contributed by atoms with Gasteiger partial charge in [-0.05, 0) is 19.1 Å². The van der Waals surface area contributed by atoms with E-state index in [2.05, 4.69) is 20.3 Å². The molecule has 0 spiro atoms. The fraction of sp³-hybridized carbons (Fsp3) is 0.357. The SMILES string of the molecule is Cc1nc(Nc2ccccn2)cc(C2CN(S(C)(=O)=O)C2)n1. The van der Waals surface area contributed by atoms with Crippen LogP contribution in [-0.4, -0.2) is 47.0 Å². The minimum Gasteiger partial charge on any atom is -0.325 e. The van der Waals surface area contributed by atoms with Crippen molar-refractivity contribution in [1.29, 1.82) is 0 Å².